The molecule has 2 rings (SSSR count). The predicted molar refractivity (Wildman–Crippen MR) is 66.2 cm³/mol. The fraction of sp³-hybridized carbons (Fsp3) is 0. The number of carbonyl (C=O) groups is 2. The number of hydrogen-bond acceptors (Lipinski definition) is 2. The molecule has 2 aromatic carbocycles. The largest absolute Gasteiger partial charge is 0.319 e. The molecule has 0 aliphatic rings. The van der Waals surface area contributed by atoms with Gasteiger partial charge in [0.15, 0.2) is 0 Å². The zero-order valence-corrected chi connectivity index (χ0v) is 9.39. The Morgan fingerprint density at radius 2 is 1.72 bits per heavy atom. The van der Waals surface area contributed by atoms with Crippen molar-refractivity contribution in [2.24, 2.45) is 0 Å². The van der Waals surface area contributed by atoms with Gasteiger partial charge in [0.05, 0.1) is 5.69 Å². The van der Waals surface area contributed by atoms with Crippen LogP contribution in [0.25, 0.3) is 0 Å². The van der Waals surface area contributed by atoms with Crippen LogP contribution in [0, 0.1) is 5.82 Å². The van der Waals surface area contributed by atoms with Crippen LogP contribution in [0.5, 0.6) is 0 Å². The van der Waals surface area contributed by atoms with Gasteiger partial charge in [-0.15, -0.1) is 0 Å². The molecule has 0 spiro atoms. The average molecular weight is 243 g/mol. The van der Waals surface area contributed by atoms with Gasteiger partial charge in [-0.1, -0.05) is 24.3 Å². The lowest BCUT2D eigenvalue weighted by molar-refractivity contribution is 0.102. The van der Waals surface area contributed by atoms with Crippen molar-refractivity contribution in [3.8, 4) is 0 Å². The molecule has 3 nitrogen and oxygen atoms in total. The number of anilines is 1. The SMILES string of the molecule is O=Cc1ccc(C(=O)Nc2ccccc2F)cc1. The maximum absolute atomic E-state index is 13.3. The molecule has 0 aromatic heterocycles. The third-order valence-corrected chi connectivity index (χ3v) is 2.43. The van der Waals surface area contributed by atoms with Gasteiger partial charge in [-0.2, -0.15) is 0 Å². The second kappa shape index (κ2) is 5.23. The van der Waals surface area contributed by atoms with Gasteiger partial charge in [0, 0.05) is 11.1 Å². The summed E-state index contributed by atoms with van der Waals surface area (Å²) in [4.78, 5) is 22.3. The molecule has 4 heteroatoms. The Morgan fingerprint density at radius 3 is 2.33 bits per heavy atom. The van der Waals surface area contributed by atoms with Crippen LogP contribution in [0.15, 0.2) is 48.5 Å². The highest BCUT2D eigenvalue weighted by Crippen LogP contribution is 2.14. The molecular formula is C14H10FNO2. The highest BCUT2D eigenvalue weighted by atomic mass is 19.1. The molecule has 0 fully saturated rings. The first kappa shape index (κ1) is 12.0. The van der Waals surface area contributed by atoms with E-state index in [1.807, 2.05) is 0 Å². The van der Waals surface area contributed by atoms with E-state index in [9.17, 15) is 14.0 Å². The highest BCUT2D eigenvalue weighted by Gasteiger charge is 2.08. The van der Waals surface area contributed by atoms with Gasteiger partial charge in [-0.3, -0.25) is 9.59 Å². The zero-order valence-electron chi connectivity index (χ0n) is 9.39. The lowest BCUT2D eigenvalue weighted by atomic mass is 10.1. The molecule has 1 amide bonds. The molecule has 2 aromatic rings. The Labute approximate surface area is 103 Å². The second-order valence-corrected chi connectivity index (χ2v) is 3.67. The quantitative estimate of drug-likeness (QED) is 0.842. The first-order valence-electron chi connectivity index (χ1n) is 5.32. The standard InChI is InChI=1S/C14H10FNO2/c15-12-3-1-2-4-13(12)16-14(18)11-7-5-10(9-17)6-8-11/h1-9H,(H,16,18). The van der Waals surface area contributed by atoms with Crippen molar-refractivity contribution in [1.29, 1.82) is 0 Å². The molecule has 0 unspecified atom stereocenters. The topological polar surface area (TPSA) is 46.2 Å². The van der Waals surface area contributed by atoms with Crippen molar-refractivity contribution in [2.75, 3.05) is 5.32 Å². The second-order valence-electron chi connectivity index (χ2n) is 3.67. The lowest BCUT2D eigenvalue weighted by Gasteiger charge is -2.06. The van der Waals surface area contributed by atoms with Crippen LogP contribution in [-0.4, -0.2) is 12.2 Å². The average Bonchev–Trinajstić information content (AvgIpc) is 2.41. The minimum absolute atomic E-state index is 0.127. The van der Waals surface area contributed by atoms with E-state index >= 15 is 0 Å². The minimum Gasteiger partial charge on any atom is -0.319 e. The Morgan fingerprint density at radius 1 is 1.06 bits per heavy atom. The first-order valence-corrected chi connectivity index (χ1v) is 5.32. The number of halogens is 1. The van der Waals surface area contributed by atoms with Crippen LogP contribution in [0.1, 0.15) is 20.7 Å². The summed E-state index contributed by atoms with van der Waals surface area (Å²) in [6, 6.07) is 12.0. The maximum Gasteiger partial charge on any atom is 0.255 e. The van der Waals surface area contributed by atoms with Crippen LogP contribution in [0.3, 0.4) is 0 Å². The fourth-order valence-electron chi connectivity index (χ4n) is 1.47. The van der Waals surface area contributed by atoms with E-state index in [2.05, 4.69) is 5.32 Å². The molecule has 0 radical (unpaired) electrons. The third kappa shape index (κ3) is 2.60. The number of amides is 1. The van der Waals surface area contributed by atoms with Crippen molar-refractivity contribution in [3.05, 3.63) is 65.5 Å². The fourth-order valence-corrected chi connectivity index (χ4v) is 1.47. The minimum atomic E-state index is -0.490. The number of aldehydes is 1. The van der Waals surface area contributed by atoms with Gasteiger partial charge in [0.2, 0.25) is 0 Å². The third-order valence-electron chi connectivity index (χ3n) is 2.43. The molecule has 18 heavy (non-hydrogen) atoms. The summed E-state index contributed by atoms with van der Waals surface area (Å²) in [6.45, 7) is 0. The summed E-state index contributed by atoms with van der Waals surface area (Å²) in [5, 5.41) is 2.46. The normalized spacial score (nSPS) is 9.83. The molecule has 0 saturated carbocycles. The number of benzene rings is 2. The molecule has 0 bridgehead atoms. The molecule has 0 aliphatic heterocycles. The van der Waals surface area contributed by atoms with E-state index in [4.69, 9.17) is 0 Å². The molecule has 0 saturated heterocycles. The lowest BCUT2D eigenvalue weighted by Crippen LogP contribution is -2.12. The Balaban J connectivity index is 2.17. The number of para-hydroxylation sites is 1. The molecule has 1 N–H and O–H groups in total. The van der Waals surface area contributed by atoms with Crippen LogP contribution in [0.2, 0.25) is 0 Å². The summed E-state index contributed by atoms with van der Waals surface area (Å²) in [7, 11) is 0. The van der Waals surface area contributed by atoms with Gasteiger partial charge >= 0.3 is 0 Å². The van der Waals surface area contributed by atoms with Crippen LogP contribution >= 0.6 is 0 Å². The number of rotatable bonds is 3. The van der Waals surface area contributed by atoms with E-state index in [0.717, 1.165) is 0 Å². The summed E-state index contributed by atoms with van der Waals surface area (Å²) < 4.78 is 13.3. The molecule has 0 atom stereocenters. The van der Waals surface area contributed by atoms with Crippen LogP contribution in [0.4, 0.5) is 10.1 Å². The summed E-state index contributed by atoms with van der Waals surface area (Å²) >= 11 is 0. The molecule has 90 valence electrons. The van der Waals surface area contributed by atoms with Crippen LogP contribution in [-0.2, 0) is 0 Å². The van der Waals surface area contributed by atoms with Crippen molar-refractivity contribution in [2.45, 2.75) is 0 Å². The highest BCUT2D eigenvalue weighted by molar-refractivity contribution is 6.04. The maximum atomic E-state index is 13.3. The van der Waals surface area contributed by atoms with Gasteiger partial charge in [-0.25, -0.2) is 4.39 Å². The molecule has 0 heterocycles. The zero-order chi connectivity index (χ0) is 13.0. The van der Waals surface area contributed by atoms with Crippen LogP contribution < -0.4 is 5.32 Å². The number of carbonyl (C=O) groups excluding carboxylic acids is 2. The smallest absolute Gasteiger partial charge is 0.255 e. The summed E-state index contributed by atoms with van der Waals surface area (Å²) in [6.07, 6.45) is 0.693. The Kier molecular flexibility index (Phi) is 3.48. The van der Waals surface area contributed by atoms with E-state index < -0.39 is 11.7 Å². The summed E-state index contributed by atoms with van der Waals surface area (Å²) in [5.41, 5.74) is 0.975. The van der Waals surface area contributed by atoms with Crippen molar-refractivity contribution in [3.63, 3.8) is 0 Å². The first-order chi connectivity index (χ1) is 8.70. The van der Waals surface area contributed by atoms with Gasteiger partial charge in [0.1, 0.15) is 12.1 Å². The van der Waals surface area contributed by atoms with E-state index in [1.54, 1.807) is 12.1 Å². The Bertz CT molecular complexity index is 579. The van der Waals surface area contributed by atoms with Crippen molar-refractivity contribution >= 4 is 17.9 Å². The molecule has 0 aliphatic carbocycles. The van der Waals surface area contributed by atoms with E-state index in [0.29, 0.717) is 17.4 Å². The van der Waals surface area contributed by atoms with Crippen molar-refractivity contribution < 1.29 is 14.0 Å². The predicted octanol–water partition coefficient (Wildman–Crippen LogP) is 2.89. The summed E-state index contributed by atoms with van der Waals surface area (Å²) in [5.74, 6) is -0.909. The molecular weight excluding hydrogens is 233 g/mol. The van der Waals surface area contributed by atoms with Gasteiger partial charge in [-0.05, 0) is 24.3 Å². The van der Waals surface area contributed by atoms with Gasteiger partial charge < -0.3 is 5.32 Å². The van der Waals surface area contributed by atoms with E-state index in [-0.39, 0.29) is 5.69 Å². The van der Waals surface area contributed by atoms with E-state index in [1.165, 1.54) is 36.4 Å². The van der Waals surface area contributed by atoms with Gasteiger partial charge in [0.25, 0.3) is 5.91 Å². The number of nitrogens with one attached hydrogen (secondary N) is 1. The number of hydrogen-bond donors (Lipinski definition) is 1. The van der Waals surface area contributed by atoms with Crippen molar-refractivity contribution in [1.82, 2.24) is 0 Å². The Hall–Kier alpha value is -2.49. The monoisotopic (exact) mass is 243 g/mol.